The number of amides is 1. The average molecular weight is 294 g/mol. The number of hydrogen-bond acceptors (Lipinski definition) is 4. The van der Waals surface area contributed by atoms with Crippen molar-refractivity contribution >= 4 is 17.2 Å². The van der Waals surface area contributed by atoms with E-state index in [0.29, 0.717) is 19.1 Å². The Kier molecular flexibility index (Phi) is 4.68. The normalized spacial score (nSPS) is 23.6. The largest absolute Gasteiger partial charge is 0.377 e. The molecule has 20 heavy (non-hydrogen) atoms. The maximum Gasteiger partial charge on any atom is 0.223 e. The van der Waals surface area contributed by atoms with Crippen molar-refractivity contribution in [2.45, 2.75) is 44.6 Å². The second-order valence-corrected chi connectivity index (χ2v) is 6.55. The van der Waals surface area contributed by atoms with E-state index in [-0.39, 0.29) is 5.91 Å². The summed E-state index contributed by atoms with van der Waals surface area (Å²) >= 11 is 1.59. The van der Waals surface area contributed by atoms with Crippen LogP contribution in [0.5, 0.6) is 0 Å². The summed E-state index contributed by atoms with van der Waals surface area (Å²) in [4.78, 5) is 18.7. The minimum atomic E-state index is 0.269. The predicted molar refractivity (Wildman–Crippen MR) is 78.7 cm³/mol. The summed E-state index contributed by atoms with van der Waals surface area (Å²) in [5.74, 6) is 1.08. The Morgan fingerprint density at radius 3 is 3.10 bits per heavy atom. The highest BCUT2D eigenvalue weighted by molar-refractivity contribution is 7.07. The van der Waals surface area contributed by atoms with E-state index >= 15 is 0 Å². The number of thiazole rings is 1. The Morgan fingerprint density at radius 2 is 2.40 bits per heavy atom. The van der Waals surface area contributed by atoms with Crippen molar-refractivity contribution in [3.8, 4) is 0 Å². The van der Waals surface area contributed by atoms with Crippen molar-refractivity contribution in [2.24, 2.45) is 5.92 Å². The van der Waals surface area contributed by atoms with E-state index < -0.39 is 0 Å². The van der Waals surface area contributed by atoms with Crippen molar-refractivity contribution in [3.05, 3.63) is 16.6 Å². The van der Waals surface area contributed by atoms with Gasteiger partial charge in [-0.1, -0.05) is 19.3 Å². The number of carbonyl (C=O) groups excluding carboxylic acids is 1. The molecule has 2 heterocycles. The first-order valence-electron chi connectivity index (χ1n) is 7.57. The van der Waals surface area contributed by atoms with E-state index in [2.05, 4.69) is 9.88 Å². The molecule has 0 spiro atoms. The lowest BCUT2D eigenvalue weighted by Crippen LogP contribution is -2.49. The highest BCUT2D eigenvalue weighted by Crippen LogP contribution is 2.32. The highest BCUT2D eigenvalue weighted by atomic mass is 32.1. The summed E-state index contributed by atoms with van der Waals surface area (Å²) in [6.45, 7) is 2.16. The summed E-state index contributed by atoms with van der Waals surface area (Å²) in [6.07, 6.45) is 6.48. The van der Waals surface area contributed by atoms with Gasteiger partial charge in [0.2, 0.25) is 5.91 Å². The van der Waals surface area contributed by atoms with Gasteiger partial charge < -0.3 is 9.64 Å². The van der Waals surface area contributed by atoms with Gasteiger partial charge in [-0.3, -0.25) is 4.79 Å². The Hall–Kier alpha value is -0.940. The molecule has 1 atom stereocenters. The number of ether oxygens (including phenoxy) is 1. The molecule has 4 nitrogen and oxygen atoms in total. The minimum absolute atomic E-state index is 0.269. The molecular weight excluding hydrogens is 272 g/mol. The Balaban J connectivity index is 1.52. The van der Waals surface area contributed by atoms with E-state index in [1.807, 2.05) is 10.9 Å². The van der Waals surface area contributed by atoms with Gasteiger partial charge in [0.15, 0.2) is 0 Å². The first-order chi connectivity index (χ1) is 9.83. The topological polar surface area (TPSA) is 42.4 Å². The second-order valence-electron chi connectivity index (χ2n) is 5.83. The van der Waals surface area contributed by atoms with Gasteiger partial charge in [-0.05, 0) is 18.8 Å². The predicted octanol–water partition coefficient (Wildman–Crippen LogP) is 2.49. The van der Waals surface area contributed by atoms with Gasteiger partial charge in [0.05, 0.1) is 30.5 Å². The van der Waals surface area contributed by atoms with Crippen molar-refractivity contribution in [1.29, 1.82) is 0 Å². The van der Waals surface area contributed by atoms with Crippen LogP contribution in [-0.4, -0.2) is 41.6 Å². The van der Waals surface area contributed by atoms with Crippen LogP contribution in [0.2, 0.25) is 0 Å². The fourth-order valence-electron chi connectivity index (χ4n) is 3.03. The smallest absolute Gasteiger partial charge is 0.223 e. The van der Waals surface area contributed by atoms with Gasteiger partial charge in [-0.15, -0.1) is 11.3 Å². The van der Waals surface area contributed by atoms with E-state index in [1.165, 1.54) is 19.3 Å². The fraction of sp³-hybridized carbons (Fsp3) is 0.733. The molecule has 1 amide bonds. The van der Waals surface area contributed by atoms with Crippen molar-refractivity contribution < 1.29 is 9.53 Å². The number of hydrogen-bond donors (Lipinski definition) is 0. The van der Waals surface area contributed by atoms with Crippen molar-refractivity contribution in [1.82, 2.24) is 9.88 Å². The van der Waals surface area contributed by atoms with Crippen LogP contribution in [-0.2, 0) is 16.0 Å². The van der Waals surface area contributed by atoms with Crippen LogP contribution in [0.25, 0.3) is 0 Å². The van der Waals surface area contributed by atoms with Crippen LogP contribution in [0.3, 0.4) is 0 Å². The lowest BCUT2D eigenvalue weighted by molar-refractivity contribution is -0.140. The van der Waals surface area contributed by atoms with Crippen LogP contribution in [0, 0.1) is 5.92 Å². The zero-order valence-electron chi connectivity index (χ0n) is 11.8. The van der Waals surface area contributed by atoms with Crippen LogP contribution < -0.4 is 0 Å². The Morgan fingerprint density at radius 1 is 1.50 bits per heavy atom. The molecule has 2 fully saturated rings. The van der Waals surface area contributed by atoms with Gasteiger partial charge in [0.1, 0.15) is 0 Å². The molecular formula is C15H22N2O2S. The van der Waals surface area contributed by atoms with E-state index in [1.54, 1.807) is 11.3 Å². The Labute approximate surface area is 124 Å². The monoisotopic (exact) mass is 294 g/mol. The molecule has 0 bridgehead atoms. The lowest BCUT2D eigenvalue weighted by atomic mass is 9.80. The summed E-state index contributed by atoms with van der Waals surface area (Å²) in [7, 11) is 0. The third-order valence-electron chi connectivity index (χ3n) is 4.46. The number of nitrogens with zero attached hydrogens (tertiary/aromatic N) is 2. The molecule has 1 saturated heterocycles. The molecule has 0 aromatic carbocycles. The molecule has 5 heteroatoms. The number of carbonyl (C=O) groups is 1. The zero-order chi connectivity index (χ0) is 13.8. The molecule has 110 valence electrons. The minimum Gasteiger partial charge on any atom is -0.377 e. The second kappa shape index (κ2) is 6.68. The van der Waals surface area contributed by atoms with E-state index in [9.17, 15) is 4.79 Å². The maximum absolute atomic E-state index is 12.4. The van der Waals surface area contributed by atoms with Gasteiger partial charge in [0.25, 0.3) is 0 Å². The van der Waals surface area contributed by atoms with Crippen LogP contribution in [0.1, 0.15) is 37.8 Å². The number of rotatable bonds is 5. The molecule has 1 aromatic rings. The summed E-state index contributed by atoms with van der Waals surface area (Å²) in [5.41, 5.74) is 2.86. The fourth-order valence-corrected chi connectivity index (χ4v) is 3.62. The molecule has 1 aromatic heterocycles. The van der Waals surface area contributed by atoms with Crippen LogP contribution >= 0.6 is 11.3 Å². The van der Waals surface area contributed by atoms with Gasteiger partial charge in [-0.25, -0.2) is 4.98 Å². The quantitative estimate of drug-likeness (QED) is 0.838. The summed E-state index contributed by atoms with van der Waals surface area (Å²) in [6, 6.07) is 0.303. The zero-order valence-corrected chi connectivity index (χ0v) is 12.6. The standard InChI is InChI=1S/C15H22N2O2S/c18-15(5-4-13-10-20-11-16-13)17-6-7-19-9-14(17)8-12-2-1-3-12/h10-12,14H,1-9H2. The molecule has 1 aliphatic heterocycles. The number of aromatic nitrogens is 1. The molecule has 3 rings (SSSR count). The third-order valence-corrected chi connectivity index (χ3v) is 5.09. The molecule has 0 radical (unpaired) electrons. The van der Waals surface area contributed by atoms with Crippen LogP contribution in [0.15, 0.2) is 10.9 Å². The molecule has 1 saturated carbocycles. The SMILES string of the molecule is O=C(CCc1cscn1)N1CCOCC1CC1CCC1. The van der Waals surface area contributed by atoms with Crippen molar-refractivity contribution in [2.75, 3.05) is 19.8 Å². The van der Waals surface area contributed by atoms with Gasteiger partial charge in [-0.2, -0.15) is 0 Å². The van der Waals surface area contributed by atoms with Gasteiger partial charge in [0, 0.05) is 18.3 Å². The molecule has 1 aliphatic carbocycles. The highest BCUT2D eigenvalue weighted by Gasteiger charge is 2.31. The van der Waals surface area contributed by atoms with Crippen LogP contribution in [0.4, 0.5) is 0 Å². The lowest BCUT2D eigenvalue weighted by Gasteiger charge is -2.39. The first-order valence-corrected chi connectivity index (χ1v) is 8.51. The number of morpholine rings is 1. The average Bonchev–Trinajstić information content (AvgIpc) is 2.94. The van der Waals surface area contributed by atoms with E-state index in [4.69, 9.17) is 4.74 Å². The van der Waals surface area contributed by atoms with Crippen molar-refractivity contribution in [3.63, 3.8) is 0 Å². The summed E-state index contributed by atoms with van der Waals surface area (Å²) < 4.78 is 5.58. The summed E-state index contributed by atoms with van der Waals surface area (Å²) in [5, 5.41) is 2.03. The van der Waals surface area contributed by atoms with Gasteiger partial charge >= 0.3 is 0 Å². The molecule has 2 aliphatic rings. The third kappa shape index (κ3) is 3.38. The maximum atomic E-state index is 12.4. The molecule has 1 unspecified atom stereocenters. The van der Waals surface area contributed by atoms with E-state index in [0.717, 1.165) is 37.6 Å². The first kappa shape index (κ1) is 14.0. The Bertz CT molecular complexity index is 431. The molecule has 0 N–H and O–H groups in total. The number of aryl methyl sites for hydroxylation is 1.